The van der Waals surface area contributed by atoms with Crippen LogP contribution < -0.4 is 19.1 Å². The number of hydrogen-bond acceptors (Lipinski definition) is 6. The molecule has 0 aliphatic carbocycles. The number of nitrogens with zero attached hydrogens (tertiary/aromatic N) is 1. The Morgan fingerprint density at radius 2 is 1.74 bits per heavy atom. The molecule has 1 aliphatic heterocycles. The quantitative estimate of drug-likeness (QED) is 0.204. The number of benzene rings is 3. The van der Waals surface area contributed by atoms with E-state index in [9.17, 15) is 23.5 Å². The first-order chi connectivity index (χ1) is 18.7. The van der Waals surface area contributed by atoms with Gasteiger partial charge in [0, 0.05) is 17.3 Å². The fraction of sp³-hybridized carbons (Fsp3) is 0.267. The summed E-state index contributed by atoms with van der Waals surface area (Å²) in [5, 5.41) is 11.4. The Morgan fingerprint density at radius 1 is 0.974 bits per heavy atom. The Labute approximate surface area is 225 Å². The molecule has 0 bridgehead atoms. The Hall–Kier alpha value is -4.40. The van der Waals surface area contributed by atoms with Gasteiger partial charge in [-0.3, -0.25) is 14.5 Å². The van der Waals surface area contributed by atoms with Crippen molar-refractivity contribution in [2.24, 2.45) is 5.92 Å². The molecule has 3 aromatic carbocycles. The summed E-state index contributed by atoms with van der Waals surface area (Å²) < 4.78 is 44.8. The van der Waals surface area contributed by atoms with Gasteiger partial charge in [-0.15, -0.1) is 0 Å². The Morgan fingerprint density at radius 3 is 2.41 bits per heavy atom. The Balaban J connectivity index is 1.92. The molecule has 3 aromatic rings. The van der Waals surface area contributed by atoms with Crippen molar-refractivity contribution in [2.75, 3.05) is 25.2 Å². The lowest BCUT2D eigenvalue weighted by Gasteiger charge is -2.26. The lowest BCUT2D eigenvalue weighted by molar-refractivity contribution is -0.132. The first-order valence-corrected chi connectivity index (χ1v) is 12.5. The van der Waals surface area contributed by atoms with E-state index in [1.54, 1.807) is 49.4 Å². The van der Waals surface area contributed by atoms with Crippen molar-refractivity contribution in [3.05, 3.63) is 89.0 Å². The van der Waals surface area contributed by atoms with E-state index in [1.807, 2.05) is 13.8 Å². The van der Waals surface area contributed by atoms with E-state index in [0.29, 0.717) is 36.0 Å². The summed E-state index contributed by atoms with van der Waals surface area (Å²) in [6.45, 7) is 6.53. The van der Waals surface area contributed by atoms with Crippen molar-refractivity contribution in [3.63, 3.8) is 0 Å². The number of ketones is 1. The molecule has 9 heteroatoms. The highest BCUT2D eigenvalue weighted by molar-refractivity contribution is 6.51. The van der Waals surface area contributed by atoms with Gasteiger partial charge >= 0.3 is 0 Å². The predicted octanol–water partition coefficient (Wildman–Crippen LogP) is 6.03. The number of anilines is 1. The topological polar surface area (TPSA) is 85.3 Å². The standard InChI is InChI=1S/C30H29F2NO6/c1-5-38-25-14-18(9-12-24(25)37-4)27-26(28(34)19-7-6-8-21(13-19)39-16-17(2)3)29(35)30(36)33(27)20-10-11-22(31)23(32)15-20/h6-15,17,27,34H,5,16H2,1-4H3/b28-26+. The Bertz CT molecular complexity index is 1430. The van der Waals surface area contributed by atoms with Gasteiger partial charge in [-0.1, -0.05) is 32.0 Å². The maximum atomic E-state index is 14.2. The number of halogens is 2. The molecule has 1 amide bonds. The average Bonchev–Trinajstić information content (AvgIpc) is 3.19. The molecule has 1 atom stereocenters. The van der Waals surface area contributed by atoms with E-state index in [-0.39, 0.29) is 22.7 Å². The van der Waals surface area contributed by atoms with Gasteiger partial charge in [0.15, 0.2) is 23.1 Å². The molecule has 1 N–H and O–H groups in total. The van der Waals surface area contributed by atoms with Gasteiger partial charge in [-0.25, -0.2) is 8.78 Å². The highest BCUT2D eigenvalue weighted by Crippen LogP contribution is 2.44. The summed E-state index contributed by atoms with van der Waals surface area (Å²) in [4.78, 5) is 27.8. The van der Waals surface area contributed by atoms with Gasteiger partial charge in [0.1, 0.15) is 11.5 Å². The van der Waals surface area contributed by atoms with Crippen molar-refractivity contribution in [2.45, 2.75) is 26.8 Å². The molecule has 7 nitrogen and oxygen atoms in total. The molecule has 1 fully saturated rings. The molecule has 4 rings (SSSR count). The maximum Gasteiger partial charge on any atom is 0.300 e. The van der Waals surface area contributed by atoms with Crippen LogP contribution in [0.15, 0.2) is 66.2 Å². The zero-order valence-electron chi connectivity index (χ0n) is 22.0. The number of hydrogen-bond donors (Lipinski definition) is 1. The van der Waals surface area contributed by atoms with Crippen molar-refractivity contribution in [3.8, 4) is 17.2 Å². The molecule has 0 radical (unpaired) electrons. The van der Waals surface area contributed by atoms with E-state index in [0.717, 1.165) is 17.0 Å². The van der Waals surface area contributed by atoms with Crippen molar-refractivity contribution in [1.29, 1.82) is 0 Å². The van der Waals surface area contributed by atoms with Crippen LogP contribution in [0, 0.1) is 17.6 Å². The van der Waals surface area contributed by atoms with E-state index in [2.05, 4.69) is 0 Å². The molecule has 1 unspecified atom stereocenters. The monoisotopic (exact) mass is 537 g/mol. The summed E-state index contributed by atoms with van der Waals surface area (Å²) >= 11 is 0. The molecule has 0 saturated carbocycles. The zero-order valence-corrected chi connectivity index (χ0v) is 22.0. The summed E-state index contributed by atoms with van der Waals surface area (Å²) in [6.07, 6.45) is 0. The fourth-order valence-corrected chi connectivity index (χ4v) is 4.33. The maximum absolute atomic E-state index is 14.2. The summed E-state index contributed by atoms with van der Waals surface area (Å²) in [5.74, 6) is -3.22. The van der Waals surface area contributed by atoms with Gasteiger partial charge in [-0.05, 0) is 54.8 Å². The van der Waals surface area contributed by atoms with Gasteiger partial charge in [-0.2, -0.15) is 0 Å². The molecule has 1 saturated heterocycles. The number of amides is 1. The molecule has 1 aliphatic rings. The van der Waals surface area contributed by atoms with Gasteiger partial charge in [0.05, 0.1) is 31.9 Å². The SMILES string of the molecule is CCOc1cc(C2/C(=C(\O)c3cccc(OCC(C)C)c3)C(=O)C(=O)N2c2ccc(F)c(F)c2)ccc1OC. The number of ether oxygens (including phenoxy) is 3. The number of rotatable bonds is 9. The second kappa shape index (κ2) is 11.6. The van der Waals surface area contributed by atoms with Crippen molar-refractivity contribution >= 4 is 23.1 Å². The number of Topliss-reactive ketones (excluding diaryl/α,β-unsaturated/α-hetero) is 1. The van der Waals surface area contributed by atoms with Crippen LogP contribution in [0.2, 0.25) is 0 Å². The second-order valence-corrected chi connectivity index (χ2v) is 9.34. The first kappa shape index (κ1) is 27.6. The average molecular weight is 538 g/mol. The number of carbonyl (C=O) groups is 2. The molecule has 204 valence electrons. The molecule has 1 heterocycles. The summed E-state index contributed by atoms with van der Waals surface area (Å²) in [6, 6.07) is 13.0. The summed E-state index contributed by atoms with van der Waals surface area (Å²) in [5.41, 5.74) is 0.362. The lowest BCUT2D eigenvalue weighted by atomic mass is 9.94. The number of aliphatic hydroxyl groups excluding tert-OH is 1. The molecule has 0 aromatic heterocycles. The predicted molar refractivity (Wildman–Crippen MR) is 142 cm³/mol. The van der Waals surface area contributed by atoms with E-state index in [4.69, 9.17) is 14.2 Å². The van der Waals surface area contributed by atoms with Crippen LogP contribution in [0.1, 0.15) is 37.9 Å². The van der Waals surface area contributed by atoms with Crippen LogP contribution >= 0.6 is 0 Å². The fourth-order valence-electron chi connectivity index (χ4n) is 4.33. The van der Waals surface area contributed by atoms with Crippen LogP contribution in [-0.2, 0) is 9.59 Å². The van der Waals surface area contributed by atoms with Crippen LogP contribution in [0.4, 0.5) is 14.5 Å². The largest absolute Gasteiger partial charge is 0.507 e. The van der Waals surface area contributed by atoms with E-state index >= 15 is 0 Å². The summed E-state index contributed by atoms with van der Waals surface area (Å²) in [7, 11) is 1.47. The molecule has 0 spiro atoms. The third-order valence-corrected chi connectivity index (χ3v) is 6.12. The van der Waals surface area contributed by atoms with Crippen molar-refractivity contribution < 1.29 is 37.7 Å². The molecular weight excluding hydrogens is 508 g/mol. The van der Waals surface area contributed by atoms with Gasteiger partial charge in [0.25, 0.3) is 11.7 Å². The second-order valence-electron chi connectivity index (χ2n) is 9.34. The van der Waals surface area contributed by atoms with Gasteiger partial charge < -0.3 is 19.3 Å². The lowest BCUT2D eigenvalue weighted by Crippen LogP contribution is -2.29. The van der Waals surface area contributed by atoms with Crippen LogP contribution in [-0.4, -0.2) is 37.1 Å². The first-order valence-electron chi connectivity index (χ1n) is 12.5. The Kier molecular flexibility index (Phi) is 8.18. The number of carbonyl (C=O) groups excluding carboxylic acids is 2. The minimum atomic E-state index is -1.19. The van der Waals surface area contributed by atoms with E-state index in [1.165, 1.54) is 13.2 Å². The minimum Gasteiger partial charge on any atom is -0.507 e. The van der Waals surface area contributed by atoms with Crippen LogP contribution in [0.25, 0.3) is 5.76 Å². The normalized spacial score (nSPS) is 16.6. The van der Waals surface area contributed by atoms with Gasteiger partial charge in [0.2, 0.25) is 0 Å². The highest BCUT2D eigenvalue weighted by Gasteiger charge is 2.47. The smallest absolute Gasteiger partial charge is 0.300 e. The number of aliphatic hydroxyl groups is 1. The van der Waals surface area contributed by atoms with Crippen LogP contribution in [0.5, 0.6) is 17.2 Å². The molecular formula is C30H29F2NO6. The van der Waals surface area contributed by atoms with E-state index < -0.39 is 35.1 Å². The molecule has 39 heavy (non-hydrogen) atoms. The third-order valence-electron chi connectivity index (χ3n) is 6.12. The third kappa shape index (κ3) is 5.57. The highest BCUT2D eigenvalue weighted by atomic mass is 19.2. The number of methoxy groups -OCH3 is 1. The van der Waals surface area contributed by atoms with Crippen molar-refractivity contribution in [1.82, 2.24) is 0 Å². The minimum absolute atomic E-state index is 0.0529. The zero-order chi connectivity index (χ0) is 28.3. The van der Waals surface area contributed by atoms with Crippen LogP contribution in [0.3, 0.4) is 0 Å².